The van der Waals surface area contributed by atoms with E-state index in [2.05, 4.69) is 101 Å². The van der Waals surface area contributed by atoms with Crippen LogP contribution in [0, 0.1) is 22.7 Å². The summed E-state index contributed by atoms with van der Waals surface area (Å²) in [7, 11) is 0. The Morgan fingerprint density at radius 3 is 1.59 bits per heavy atom. The molecule has 2 aliphatic rings. The van der Waals surface area contributed by atoms with E-state index in [4.69, 9.17) is 4.74 Å². The molecule has 0 aromatic carbocycles. The average molecular weight is 367 g/mol. The van der Waals surface area contributed by atoms with Crippen LogP contribution in [0.4, 0.5) is 0 Å². The van der Waals surface area contributed by atoms with E-state index in [-0.39, 0.29) is 10.8 Å². The normalized spacial score (nSPS) is 32.9. The van der Waals surface area contributed by atoms with Crippen molar-refractivity contribution in [1.82, 2.24) is 0 Å². The Morgan fingerprint density at radius 1 is 0.741 bits per heavy atom. The summed E-state index contributed by atoms with van der Waals surface area (Å²) in [6.45, 7) is 10.7. The van der Waals surface area contributed by atoms with Crippen LogP contribution in [0.25, 0.3) is 0 Å². The molecule has 4 unspecified atom stereocenters. The molecule has 0 radical (unpaired) electrons. The van der Waals surface area contributed by atoms with E-state index < -0.39 is 0 Å². The fraction of sp³-hybridized carbons (Fsp3) is 0.538. The third-order valence-electron chi connectivity index (χ3n) is 5.99. The van der Waals surface area contributed by atoms with Gasteiger partial charge in [0.2, 0.25) is 0 Å². The first-order valence-electron chi connectivity index (χ1n) is 10.7. The van der Waals surface area contributed by atoms with Crippen LogP contribution >= 0.6 is 0 Å². The summed E-state index contributed by atoms with van der Waals surface area (Å²) in [5.74, 6) is 1.03. The van der Waals surface area contributed by atoms with Crippen molar-refractivity contribution in [3.63, 3.8) is 0 Å². The number of hydrogen-bond acceptors (Lipinski definition) is 1. The van der Waals surface area contributed by atoms with Crippen molar-refractivity contribution in [2.24, 2.45) is 22.7 Å². The van der Waals surface area contributed by atoms with E-state index in [9.17, 15) is 0 Å². The maximum Gasteiger partial charge on any atom is 0.0472 e. The molecule has 2 aliphatic carbocycles. The molecule has 1 nitrogen and oxygen atoms in total. The number of rotatable bonds is 10. The number of ether oxygens (including phenoxy) is 1. The van der Waals surface area contributed by atoms with Gasteiger partial charge in [-0.2, -0.15) is 0 Å². The summed E-state index contributed by atoms with van der Waals surface area (Å²) in [6.07, 6.45) is 31.6. The Balaban J connectivity index is 1.79. The van der Waals surface area contributed by atoms with Crippen molar-refractivity contribution in [3.8, 4) is 0 Å². The molecule has 0 N–H and O–H groups in total. The smallest absolute Gasteiger partial charge is 0.0472 e. The van der Waals surface area contributed by atoms with Crippen LogP contribution in [-0.4, -0.2) is 13.2 Å². The Bertz CT molecular complexity index is 564. The van der Waals surface area contributed by atoms with E-state index in [0.717, 1.165) is 38.9 Å². The van der Waals surface area contributed by atoms with Crippen LogP contribution in [0.1, 0.15) is 53.4 Å². The molecule has 0 aromatic heterocycles. The van der Waals surface area contributed by atoms with Gasteiger partial charge in [0.05, 0.1) is 0 Å². The lowest BCUT2D eigenvalue weighted by Crippen LogP contribution is -2.26. The summed E-state index contributed by atoms with van der Waals surface area (Å²) in [5, 5.41) is 0. The minimum atomic E-state index is 0.120. The van der Waals surface area contributed by atoms with Gasteiger partial charge >= 0.3 is 0 Å². The van der Waals surface area contributed by atoms with Gasteiger partial charge in [0.25, 0.3) is 0 Å². The molecule has 0 aliphatic heterocycles. The predicted octanol–water partition coefficient (Wildman–Crippen LogP) is 7.21. The Kier molecular flexibility index (Phi) is 8.57. The zero-order chi connectivity index (χ0) is 19.6. The van der Waals surface area contributed by atoms with Crippen molar-refractivity contribution in [3.05, 3.63) is 72.9 Å². The fourth-order valence-electron chi connectivity index (χ4n) is 4.02. The van der Waals surface area contributed by atoms with Crippen molar-refractivity contribution in [1.29, 1.82) is 0 Å². The summed E-state index contributed by atoms with van der Waals surface area (Å²) in [6, 6.07) is 0. The third kappa shape index (κ3) is 6.21. The maximum absolute atomic E-state index is 6.07. The molecule has 1 heteroatoms. The monoisotopic (exact) mass is 366 g/mol. The lowest BCUT2D eigenvalue weighted by atomic mass is 9.72. The zero-order valence-corrected chi connectivity index (χ0v) is 17.7. The molecule has 2 rings (SSSR count). The first-order chi connectivity index (χ1) is 13.0. The van der Waals surface area contributed by atoms with Gasteiger partial charge in [0.15, 0.2) is 0 Å². The van der Waals surface area contributed by atoms with Crippen LogP contribution in [0.3, 0.4) is 0 Å². The van der Waals surface area contributed by atoms with E-state index >= 15 is 0 Å². The topological polar surface area (TPSA) is 9.23 Å². The van der Waals surface area contributed by atoms with Crippen molar-refractivity contribution in [2.75, 3.05) is 13.2 Å². The highest BCUT2D eigenvalue weighted by molar-refractivity contribution is 5.25. The van der Waals surface area contributed by atoms with Gasteiger partial charge in [-0.1, -0.05) is 101 Å². The maximum atomic E-state index is 6.07. The highest BCUT2D eigenvalue weighted by atomic mass is 16.5. The molecule has 0 saturated heterocycles. The lowest BCUT2D eigenvalue weighted by Gasteiger charge is -2.33. The summed E-state index contributed by atoms with van der Waals surface area (Å²) >= 11 is 0. The molecule has 0 heterocycles. The Hall–Kier alpha value is -1.60. The van der Waals surface area contributed by atoms with E-state index in [0.29, 0.717) is 11.8 Å². The van der Waals surface area contributed by atoms with Crippen LogP contribution < -0.4 is 0 Å². The van der Waals surface area contributed by atoms with Gasteiger partial charge in [0, 0.05) is 24.0 Å². The molecular weight excluding hydrogens is 328 g/mol. The quantitative estimate of drug-likeness (QED) is 0.293. The predicted molar refractivity (Wildman–Crippen MR) is 119 cm³/mol. The van der Waals surface area contributed by atoms with Crippen LogP contribution in [0.15, 0.2) is 72.9 Å². The highest BCUT2D eigenvalue weighted by Crippen LogP contribution is 2.38. The van der Waals surface area contributed by atoms with Crippen LogP contribution in [0.5, 0.6) is 0 Å². The van der Waals surface area contributed by atoms with E-state index in [1.54, 1.807) is 0 Å². The van der Waals surface area contributed by atoms with Gasteiger partial charge in [-0.05, 0) is 37.5 Å². The second-order valence-electron chi connectivity index (χ2n) is 8.24. The van der Waals surface area contributed by atoms with Gasteiger partial charge in [-0.15, -0.1) is 0 Å². The summed E-state index contributed by atoms with van der Waals surface area (Å²) in [4.78, 5) is 0. The molecular formula is C26H38O. The lowest BCUT2D eigenvalue weighted by molar-refractivity contribution is 0.100. The van der Waals surface area contributed by atoms with Crippen LogP contribution in [-0.2, 0) is 4.74 Å². The molecule has 0 amide bonds. The molecule has 0 saturated carbocycles. The number of hydrogen-bond donors (Lipinski definition) is 0. The second kappa shape index (κ2) is 10.7. The van der Waals surface area contributed by atoms with Crippen molar-refractivity contribution < 1.29 is 4.74 Å². The van der Waals surface area contributed by atoms with Gasteiger partial charge < -0.3 is 4.74 Å². The molecule has 0 fully saturated rings. The highest BCUT2D eigenvalue weighted by Gasteiger charge is 2.29. The van der Waals surface area contributed by atoms with Crippen molar-refractivity contribution in [2.45, 2.75) is 53.4 Å². The number of allylic oxidation sites excluding steroid dienone is 12. The fourth-order valence-corrected chi connectivity index (χ4v) is 4.02. The molecule has 148 valence electrons. The average Bonchev–Trinajstić information content (AvgIpc) is 2.67. The SMILES string of the molecule is CCC=CC1(C)C=CC=CC1CCOCCC1C=CC=CC1(C)C=CCC. The van der Waals surface area contributed by atoms with E-state index in [1.807, 2.05) is 0 Å². The van der Waals surface area contributed by atoms with Gasteiger partial charge in [-0.3, -0.25) is 0 Å². The van der Waals surface area contributed by atoms with Gasteiger partial charge in [0.1, 0.15) is 0 Å². The summed E-state index contributed by atoms with van der Waals surface area (Å²) < 4.78 is 6.07. The van der Waals surface area contributed by atoms with Crippen LogP contribution in [0.2, 0.25) is 0 Å². The minimum Gasteiger partial charge on any atom is -0.381 e. The Labute approximate surface area is 167 Å². The third-order valence-corrected chi connectivity index (χ3v) is 5.99. The minimum absolute atomic E-state index is 0.120. The molecule has 0 bridgehead atoms. The second-order valence-corrected chi connectivity index (χ2v) is 8.24. The Morgan fingerprint density at radius 2 is 1.19 bits per heavy atom. The zero-order valence-electron chi connectivity index (χ0n) is 17.7. The first kappa shape index (κ1) is 21.7. The molecule has 0 aromatic rings. The first-order valence-corrected chi connectivity index (χ1v) is 10.7. The summed E-state index contributed by atoms with van der Waals surface area (Å²) in [5.41, 5.74) is 0.239. The van der Waals surface area contributed by atoms with E-state index in [1.165, 1.54) is 0 Å². The molecule has 0 spiro atoms. The molecule has 27 heavy (non-hydrogen) atoms. The van der Waals surface area contributed by atoms with Crippen molar-refractivity contribution >= 4 is 0 Å². The van der Waals surface area contributed by atoms with Gasteiger partial charge in [-0.25, -0.2) is 0 Å². The largest absolute Gasteiger partial charge is 0.381 e. The molecule has 4 atom stereocenters. The standard InChI is InChI=1S/C26H38O/c1-5-7-17-25(3)19-11-9-13-23(25)15-21-27-22-16-24-14-10-12-20-26(24,4)18-8-6-2/h7-14,17-20,23-24H,5-6,15-16,21-22H2,1-4H3.